The monoisotopic (exact) mass is 384 g/mol. The number of hydrazone groups is 1. The highest BCUT2D eigenvalue weighted by Crippen LogP contribution is 2.36. The molecule has 0 spiro atoms. The van der Waals surface area contributed by atoms with Crippen LogP contribution in [-0.4, -0.2) is 56.7 Å². The lowest BCUT2D eigenvalue weighted by Gasteiger charge is -2.30. The van der Waals surface area contributed by atoms with Gasteiger partial charge in [0.25, 0.3) is 0 Å². The van der Waals surface area contributed by atoms with Gasteiger partial charge < -0.3 is 19.5 Å². The third-order valence-corrected chi connectivity index (χ3v) is 5.26. The Morgan fingerprint density at radius 1 is 1.07 bits per heavy atom. The summed E-state index contributed by atoms with van der Waals surface area (Å²) in [7, 11) is 3.04. The second kappa shape index (κ2) is 8.97. The van der Waals surface area contributed by atoms with E-state index in [2.05, 4.69) is 42.2 Å². The van der Waals surface area contributed by atoms with Crippen LogP contribution in [-0.2, 0) is 6.54 Å². The fourth-order valence-electron chi connectivity index (χ4n) is 3.55. The van der Waals surface area contributed by atoms with Gasteiger partial charge in [0.2, 0.25) is 5.75 Å². The number of nitrogens with one attached hydrogen (secondary N) is 1. The minimum atomic E-state index is 0.00534. The zero-order valence-corrected chi connectivity index (χ0v) is 17.2. The summed E-state index contributed by atoms with van der Waals surface area (Å²) in [6.45, 7) is 9.37. The number of phenolic OH excluding ortho intramolecular Hbond substituents is 1. The Bertz CT molecular complexity index is 818. The minimum Gasteiger partial charge on any atom is -0.502 e. The van der Waals surface area contributed by atoms with Crippen molar-refractivity contribution >= 4 is 6.21 Å². The van der Waals surface area contributed by atoms with Gasteiger partial charge in [0, 0.05) is 11.1 Å². The van der Waals surface area contributed by atoms with Crippen molar-refractivity contribution in [1.29, 1.82) is 0 Å². The molecule has 0 aromatic heterocycles. The first-order valence-corrected chi connectivity index (χ1v) is 9.63. The fourth-order valence-corrected chi connectivity index (χ4v) is 3.55. The van der Waals surface area contributed by atoms with Gasteiger partial charge in [-0.1, -0.05) is 23.8 Å². The lowest BCUT2D eigenvalue weighted by atomic mass is 10.1. The van der Waals surface area contributed by atoms with Crippen molar-refractivity contribution in [2.45, 2.75) is 20.4 Å². The van der Waals surface area contributed by atoms with E-state index in [0.29, 0.717) is 11.5 Å². The molecule has 0 unspecified atom stereocenters. The van der Waals surface area contributed by atoms with Gasteiger partial charge in [-0.2, -0.15) is 5.10 Å². The third-order valence-electron chi connectivity index (χ3n) is 5.26. The number of quaternary nitrogens is 1. The predicted molar refractivity (Wildman–Crippen MR) is 111 cm³/mol. The third kappa shape index (κ3) is 4.75. The number of nitrogens with zero attached hydrogens (tertiary/aromatic N) is 2. The van der Waals surface area contributed by atoms with Gasteiger partial charge >= 0.3 is 0 Å². The second-order valence-corrected chi connectivity index (χ2v) is 7.33. The summed E-state index contributed by atoms with van der Waals surface area (Å²) >= 11 is 0. The highest BCUT2D eigenvalue weighted by molar-refractivity contribution is 5.82. The Morgan fingerprint density at radius 2 is 1.71 bits per heavy atom. The SMILES string of the molecule is COc1cc(C=NN2CC[NH+](Cc3ccc(C)cc3C)CC2)cc(OC)c1O. The average Bonchev–Trinajstić information content (AvgIpc) is 2.70. The van der Waals surface area contributed by atoms with Crippen LogP contribution in [0.1, 0.15) is 22.3 Å². The lowest BCUT2D eigenvalue weighted by molar-refractivity contribution is -0.918. The summed E-state index contributed by atoms with van der Waals surface area (Å²) in [5.74, 6) is 0.762. The van der Waals surface area contributed by atoms with E-state index in [-0.39, 0.29) is 5.75 Å². The standard InChI is InChI=1S/C22H29N3O3/c1-16-5-6-19(17(2)11-16)15-24-7-9-25(10-8-24)23-14-18-12-20(27-3)22(26)21(13-18)28-4/h5-6,11-14,26H,7-10,15H2,1-4H3/p+1. The van der Waals surface area contributed by atoms with Gasteiger partial charge in [-0.3, -0.25) is 5.01 Å². The van der Waals surface area contributed by atoms with E-state index in [9.17, 15) is 5.11 Å². The van der Waals surface area contributed by atoms with E-state index in [4.69, 9.17) is 9.47 Å². The number of benzene rings is 2. The van der Waals surface area contributed by atoms with Gasteiger partial charge in [-0.25, -0.2) is 0 Å². The van der Waals surface area contributed by atoms with Crippen LogP contribution in [0.15, 0.2) is 35.4 Å². The van der Waals surface area contributed by atoms with Crippen molar-refractivity contribution in [2.75, 3.05) is 40.4 Å². The Hall–Kier alpha value is -2.73. The topological polar surface area (TPSA) is 58.7 Å². The number of methoxy groups -OCH3 is 2. The van der Waals surface area contributed by atoms with Crippen molar-refractivity contribution in [2.24, 2.45) is 5.10 Å². The fraction of sp³-hybridized carbons (Fsp3) is 0.409. The molecule has 6 heteroatoms. The van der Waals surface area contributed by atoms with E-state index >= 15 is 0 Å². The number of piperazine rings is 1. The van der Waals surface area contributed by atoms with Crippen LogP contribution in [0.3, 0.4) is 0 Å². The average molecular weight is 385 g/mol. The molecule has 0 bridgehead atoms. The van der Waals surface area contributed by atoms with E-state index in [1.165, 1.54) is 30.9 Å². The molecule has 0 amide bonds. The molecular formula is C22H30N3O3+. The van der Waals surface area contributed by atoms with Crippen molar-refractivity contribution in [3.05, 3.63) is 52.6 Å². The zero-order valence-electron chi connectivity index (χ0n) is 17.2. The van der Waals surface area contributed by atoms with E-state index in [1.807, 2.05) is 0 Å². The predicted octanol–water partition coefficient (Wildman–Crippen LogP) is 1.76. The minimum absolute atomic E-state index is 0.00534. The number of rotatable bonds is 6. The second-order valence-electron chi connectivity index (χ2n) is 7.33. The molecule has 1 heterocycles. The molecule has 1 aliphatic rings. The van der Waals surface area contributed by atoms with Crippen LogP contribution < -0.4 is 14.4 Å². The number of aryl methyl sites for hydroxylation is 2. The molecule has 1 saturated heterocycles. The number of aromatic hydroxyl groups is 1. The van der Waals surface area contributed by atoms with Crippen LogP contribution in [0, 0.1) is 13.8 Å². The highest BCUT2D eigenvalue weighted by Gasteiger charge is 2.19. The first kappa shape index (κ1) is 20.0. The van der Waals surface area contributed by atoms with E-state index in [1.54, 1.807) is 23.2 Å². The zero-order chi connectivity index (χ0) is 20.1. The maximum absolute atomic E-state index is 10.0. The molecule has 3 rings (SSSR count). The molecule has 0 aliphatic carbocycles. The molecule has 1 aliphatic heterocycles. The first-order valence-electron chi connectivity index (χ1n) is 9.63. The normalized spacial score (nSPS) is 15.2. The van der Waals surface area contributed by atoms with Gasteiger partial charge in [0.1, 0.15) is 6.54 Å². The summed E-state index contributed by atoms with van der Waals surface area (Å²) in [6, 6.07) is 10.2. The van der Waals surface area contributed by atoms with Crippen LogP contribution in [0.4, 0.5) is 0 Å². The maximum atomic E-state index is 10.0. The molecule has 0 radical (unpaired) electrons. The number of ether oxygens (including phenoxy) is 2. The quantitative estimate of drug-likeness (QED) is 0.746. The summed E-state index contributed by atoms with van der Waals surface area (Å²) in [6.07, 6.45) is 1.79. The Kier molecular flexibility index (Phi) is 6.41. The molecular weight excluding hydrogens is 354 g/mol. The molecule has 6 nitrogen and oxygen atoms in total. The number of phenols is 1. The van der Waals surface area contributed by atoms with Crippen LogP contribution in [0.25, 0.3) is 0 Å². The van der Waals surface area contributed by atoms with Crippen LogP contribution >= 0.6 is 0 Å². The molecule has 0 atom stereocenters. The van der Waals surface area contributed by atoms with E-state index in [0.717, 1.165) is 38.3 Å². The van der Waals surface area contributed by atoms with Crippen LogP contribution in [0.2, 0.25) is 0 Å². The molecule has 28 heavy (non-hydrogen) atoms. The molecule has 1 fully saturated rings. The Morgan fingerprint density at radius 3 is 2.29 bits per heavy atom. The molecule has 150 valence electrons. The summed E-state index contributed by atoms with van der Waals surface area (Å²) < 4.78 is 10.4. The van der Waals surface area contributed by atoms with Gasteiger partial charge in [0.05, 0.1) is 46.6 Å². The van der Waals surface area contributed by atoms with Crippen molar-refractivity contribution in [3.63, 3.8) is 0 Å². The number of hydrogen-bond acceptors (Lipinski definition) is 5. The highest BCUT2D eigenvalue weighted by atomic mass is 16.5. The molecule has 2 aromatic rings. The maximum Gasteiger partial charge on any atom is 0.200 e. The molecule has 2 aromatic carbocycles. The van der Waals surface area contributed by atoms with E-state index < -0.39 is 0 Å². The summed E-state index contributed by atoms with van der Waals surface area (Å²) in [5.41, 5.74) is 4.96. The number of hydrogen-bond donors (Lipinski definition) is 2. The van der Waals surface area contributed by atoms with Crippen molar-refractivity contribution in [3.8, 4) is 17.2 Å². The Balaban J connectivity index is 1.58. The van der Waals surface area contributed by atoms with Gasteiger partial charge in [0.15, 0.2) is 11.5 Å². The largest absolute Gasteiger partial charge is 0.502 e. The Labute approximate surface area is 167 Å². The van der Waals surface area contributed by atoms with Crippen molar-refractivity contribution in [1.82, 2.24) is 5.01 Å². The van der Waals surface area contributed by atoms with Gasteiger partial charge in [-0.15, -0.1) is 0 Å². The molecule has 2 N–H and O–H groups in total. The van der Waals surface area contributed by atoms with Crippen molar-refractivity contribution < 1.29 is 19.5 Å². The van der Waals surface area contributed by atoms with Gasteiger partial charge in [-0.05, 0) is 31.5 Å². The lowest BCUT2D eigenvalue weighted by Crippen LogP contribution is -3.13. The van der Waals surface area contributed by atoms with Crippen LogP contribution in [0.5, 0.6) is 17.2 Å². The summed E-state index contributed by atoms with van der Waals surface area (Å²) in [5, 5.41) is 16.7. The smallest absolute Gasteiger partial charge is 0.200 e. The molecule has 0 saturated carbocycles. The summed E-state index contributed by atoms with van der Waals surface area (Å²) in [4.78, 5) is 1.59. The first-order chi connectivity index (χ1) is 13.5.